The minimum absolute atomic E-state index is 0.0438. The summed E-state index contributed by atoms with van der Waals surface area (Å²) in [6.45, 7) is 7.37. The van der Waals surface area contributed by atoms with Gasteiger partial charge in [-0.05, 0) is 38.0 Å². The molecule has 0 saturated carbocycles. The third kappa shape index (κ3) is 5.46. The van der Waals surface area contributed by atoms with Gasteiger partial charge in [0.2, 0.25) is 5.91 Å². The van der Waals surface area contributed by atoms with E-state index in [-0.39, 0.29) is 30.4 Å². The van der Waals surface area contributed by atoms with Crippen molar-refractivity contribution in [3.05, 3.63) is 38.8 Å². The van der Waals surface area contributed by atoms with Crippen LogP contribution in [0.1, 0.15) is 40.8 Å². The molecule has 0 radical (unpaired) electrons. The number of hydrogen-bond acceptors (Lipinski definition) is 4. The smallest absolute Gasteiger partial charge is 0.220 e. The van der Waals surface area contributed by atoms with E-state index in [0.717, 1.165) is 17.9 Å². The van der Waals surface area contributed by atoms with Crippen LogP contribution in [0.5, 0.6) is 0 Å². The predicted molar refractivity (Wildman–Crippen MR) is 96.8 cm³/mol. The predicted octanol–water partition coefficient (Wildman–Crippen LogP) is 3.63. The fraction of sp³-hybridized carbons (Fsp3) is 0.471. The molecule has 0 aliphatic carbocycles. The summed E-state index contributed by atoms with van der Waals surface area (Å²) in [6, 6.07) is 5.43. The van der Waals surface area contributed by atoms with Gasteiger partial charge in [-0.25, -0.2) is 0 Å². The Kier molecular flexibility index (Phi) is 6.57. The third-order valence-corrected chi connectivity index (χ3v) is 4.94. The van der Waals surface area contributed by atoms with E-state index in [4.69, 9.17) is 11.6 Å². The molecule has 2 aromatic heterocycles. The maximum atomic E-state index is 11.9. The highest BCUT2D eigenvalue weighted by Crippen LogP contribution is 2.22. The topological polar surface area (TPSA) is 64.0 Å². The van der Waals surface area contributed by atoms with Crippen molar-refractivity contribution in [1.29, 1.82) is 0 Å². The van der Waals surface area contributed by atoms with Crippen LogP contribution in [-0.2, 0) is 11.3 Å². The molecule has 0 aromatic carbocycles. The summed E-state index contributed by atoms with van der Waals surface area (Å²) in [7, 11) is 0. The molecule has 0 bridgehead atoms. The molecular weight excluding hydrogens is 346 g/mol. The van der Waals surface area contributed by atoms with Crippen molar-refractivity contribution in [3.8, 4) is 0 Å². The number of Topliss-reactive ketones (excluding diaryl/α,β-unsaturated/α-hetero) is 1. The van der Waals surface area contributed by atoms with E-state index in [1.807, 2.05) is 24.6 Å². The van der Waals surface area contributed by atoms with Crippen LogP contribution in [0.3, 0.4) is 0 Å². The van der Waals surface area contributed by atoms with Crippen molar-refractivity contribution in [2.75, 3.05) is 6.54 Å². The van der Waals surface area contributed by atoms with Crippen molar-refractivity contribution in [2.45, 2.75) is 40.2 Å². The van der Waals surface area contributed by atoms with Crippen LogP contribution in [-0.4, -0.2) is 28.0 Å². The number of aromatic nitrogens is 2. The lowest BCUT2D eigenvalue weighted by molar-refractivity contribution is -0.121. The van der Waals surface area contributed by atoms with E-state index in [9.17, 15) is 9.59 Å². The summed E-state index contributed by atoms with van der Waals surface area (Å²) in [5, 5.41) is 7.31. The van der Waals surface area contributed by atoms with Gasteiger partial charge in [-0.1, -0.05) is 18.5 Å². The van der Waals surface area contributed by atoms with Gasteiger partial charge in [0.15, 0.2) is 5.78 Å². The summed E-state index contributed by atoms with van der Waals surface area (Å²) in [6.07, 6.45) is 0.398. The van der Waals surface area contributed by atoms with Crippen molar-refractivity contribution >= 4 is 34.6 Å². The number of rotatable bonds is 8. The monoisotopic (exact) mass is 367 g/mol. The third-order valence-electron chi connectivity index (χ3n) is 3.66. The number of ketones is 1. The molecule has 1 unspecified atom stereocenters. The molecule has 7 heteroatoms. The number of nitrogens with one attached hydrogen (secondary N) is 1. The van der Waals surface area contributed by atoms with Gasteiger partial charge in [-0.2, -0.15) is 5.10 Å². The SMILES string of the molecule is Cc1cc(C)n(CC(C)CNC(=O)CCC(=O)c2ccc(Cl)s2)n1. The standard InChI is InChI=1S/C17H22ClN3O2S/c1-11(10-21-13(3)8-12(2)20-21)9-19-17(23)7-4-14(22)15-5-6-16(18)24-15/h5-6,8,11H,4,7,9-10H2,1-3H3,(H,19,23). The van der Waals surface area contributed by atoms with Crippen molar-refractivity contribution in [1.82, 2.24) is 15.1 Å². The van der Waals surface area contributed by atoms with Gasteiger partial charge in [0.25, 0.3) is 0 Å². The van der Waals surface area contributed by atoms with Crippen LogP contribution >= 0.6 is 22.9 Å². The number of hydrogen-bond donors (Lipinski definition) is 1. The zero-order valence-corrected chi connectivity index (χ0v) is 15.7. The van der Waals surface area contributed by atoms with Gasteiger partial charge in [0, 0.05) is 31.6 Å². The quantitative estimate of drug-likeness (QED) is 0.724. The van der Waals surface area contributed by atoms with Gasteiger partial charge >= 0.3 is 0 Å². The van der Waals surface area contributed by atoms with E-state index in [2.05, 4.69) is 17.3 Å². The molecule has 0 spiro atoms. The molecule has 5 nitrogen and oxygen atoms in total. The molecule has 0 fully saturated rings. The highest BCUT2D eigenvalue weighted by atomic mass is 35.5. The highest BCUT2D eigenvalue weighted by Gasteiger charge is 2.13. The van der Waals surface area contributed by atoms with E-state index in [1.54, 1.807) is 12.1 Å². The minimum Gasteiger partial charge on any atom is -0.356 e. The lowest BCUT2D eigenvalue weighted by Gasteiger charge is -2.14. The number of carbonyl (C=O) groups excluding carboxylic acids is 2. The zero-order chi connectivity index (χ0) is 17.7. The van der Waals surface area contributed by atoms with Crippen molar-refractivity contribution in [3.63, 3.8) is 0 Å². The van der Waals surface area contributed by atoms with Crippen molar-refractivity contribution < 1.29 is 9.59 Å². The van der Waals surface area contributed by atoms with Gasteiger partial charge < -0.3 is 5.32 Å². The molecule has 1 atom stereocenters. The summed E-state index contributed by atoms with van der Waals surface area (Å²) in [5.74, 6) is 0.114. The second-order valence-electron chi connectivity index (χ2n) is 6.05. The number of carbonyl (C=O) groups is 2. The van der Waals surface area contributed by atoms with Crippen LogP contribution in [0.15, 0.2) is 18.2 Å². The normalized spacial score (nSPS) is 12.2. The Balaban J connectivity index is 1.70. The largest absolute Gasteiger partial charge is 0.356 e. The molecule has 2 aromatic rings. The van der Waals surface area contributed by atoms with Gasteiger partial charge in [0.05, 0.1) is 14.9 Å². The maximum Gasteiger partial charge on any atom is 0.220 e. The van der Waals surface area contributed by atoms with Crippen LogP contribution in [0.2, 0.25) is 4.34 Å². The van der Waals surface area contributed by atoms with E-state index in [0.29, 0.717) is 15.8 Å². The fourth-order valence-corrected chi connectivity index (χ4v) is 3.42. The van der Waals surface area contributed by atoms with Crippen LogP contribution < -0.4 is 5.32 Å². The zero-order valence-electron chi connectivity index (χ0n) is 14.1. The molecule has 1 N–H and O–H groups in total. The van der Waals surface area contributed by atoms with E-state index < -0.39 is 0 Å². The summed E-state index contributed by atoms with van der Waals surface area (Å²) < 4.78 is 2.54. The summed E-state index contributed by atoms with van der Waals surface area (Å²) in [5.41, 5.74) is 2.11. The number of aryl methyl sites for hydroxylation is 2. The summed E-state index contributed by atoms with van der Waals surface area (Å²) in [4.78, 5) is 24.4. The van der Waals surface area contributed by atoms with Crippen LogP contribution in [0.4, 0.5) is 0 Å². The maximum absolute atomic E-state index is 11.9. The summed E-state index contributed by atoms with van der Waals surface area (Å²) >= 11 is 7.06. The average Bonchev–Trinajstić information content (AvgIpc) is 3.08. The Labute approximate surface area is 151 Å². The minimum atomic E-state index is -0.105. The van der Waals surface area contributed by atoms with Crippen molar-refractivity contribution in [2.24, 2.45) is 5.92 Å². The average molecular weight is 368 g/mol. The molecular formula is C17H22ClN3O2S. The van der Waals surface area contributed by atoms with E-state index >= 15 is 0 Å². The molecule has 1 amide bonds. The lowest BCUT2D eigenvalue weighted by atomic mass is 10.1. The molecule has 0 aliphatic rings. The number of amides is 1. The Morgan fingerprint density at radius 3 is 2.67 bits per heavy atom. The molecule has 2 rings (SSSR count). The highest BCUT2D eigenvalue weighted by molar-refractivity contribution is 7.18. The second-order valence-corrected chi connectivity index (χ2v) is 7.76. The van der Waals surface area contributed by atoms with Gasteiger partial charge in [-0.15, -0.1) is 11.3 Å². The fourth-order valence-electron chi connectivity index (χ4n) is 2.41. The molecule has 24 heavy (non-hydrogen) atoms. The first kappa shape index (κ1) is 18.7. The Morgan fingerprint density at radius 1 is 1.33 bits per heavy atom. The first-order valence-corrected chi connectivity index (χ1v) is 9.11. The molecule has 2 heterocycles. The number of thiophene rings is 1. The molecule has 0 saturated heterocycles. The van der Waals surface area contributed by atoms with E-state index in [1.165, 1.54) is 11.3 Å². The van der Waals surface area contributed by atoms with Gasteiger partial charge in [-0.3, -0.25) is 14.3 Å². The van der Waals surface area contributed by atoms with Gasteiger partial charge in [0.1, 0.15) is 0 Å². The second kappa shape index (κ2) is 8.44. The van der Waals surface area contributed by atoms with Crippen LogP contribution in [0, 0.1) is 19.8 Å². The van der Waals surface area contributed by atoms with Crippen LogP contribution in [0.25, 0.3) is 0 Å². The number of nitrogens with zero attached hydrogens (tertiary/aromatic N) is 2. The Morgan fingerprint density at radius 2 is 2.08 bits per heavy atom. The number of halogens is 1. The molecule has 130 valence electrons. The molecule has 0 aliphatic heterocycles. The Hall–Kier alpha value is -1.66. The lowest BCUT2D eigenvalue weighted by Crippen LogP contribution is -2.30. The first-order valence-electron chi connectivity index (χ1n) is 7.91. The Bertz CT molecular complexity index is 723. The first-order chi connectivity index (χ1) is 11.3.